The predicted molar refractivity (Wildman–Crippen MR) is 73.5 cm³/mol. The highest BCUT2D eigenvalue weighted by Crippen LogP contribution is 2.26. The molecule has 1 amide bonds. The van der Waals surface area contributed by atoms with Gasteiger partial charge in [0.15, 0.2) is 5.84 Å². The molecule has 0 N–H and O–H groups in total. The first-order valence-electron chi connectivity index (χ1n) is 6.15. The molecule has 0 aromatic carbocycles. The van der Waals surface area contributed by atoms with E-state index in [1.54, 1.807) is 18.2 Å². The summed E-state index contributed by atoms with van der Waals surface area (Å²) in [6.07, 6.45) is 4.46. The molecule has 0 fully saturated rings. The molecule has 1 aliphatic heterocycles. The molecule has 2 rings (SSSR count). The van der Waals surface area contributed by atoms with E-state index in [1.807, 2.05) is 13.8 Å². The Morgan fingerprint density at radius 2 is 2.00 bits per heavy atom. The van der Waals surface area contributed by atoms with Gasteiger partial charge in [0.25, 0.3) is 5.91 Å². The summed E-state index contributed by atoms with van der Waals surface area (Å²) < 4.78 is 10.8. The molecular weight excluding hydrogens is 268 g/mol. The molecule has 0 radical (unpaired) electrons. The first kappa shape index (κ1) is 14.1. The van der Waals surface area contributed by atoms with Gasteiger partial charge in [0.2, 0.25) is 6.29 Å². The first-order valence-corrected chi connectivity index (χ1v) is 6.53. The number of halogens is 1. The Labute approximate surface area is 116 Å². The van der Waals surface area contributed by atoms with Crippen molar-refractivity contribution in [3.05, 3.63) is 23.3 Å². The number of hydrogen-bond donors (Lipinski definition) is 0. The number of nitrogens with zero attached hydrogens (tertiary/aromatic N) is 2. The highest BCUT2D eigenvalue weighted by molar-refractivity contribution is 6.37. The highest BCUT2D eigenvalue weighted by Gasteiger charge is 2.33. The summed E-state index contributed by atoms with van der Waals surface area (Å²) in [5.74, 6) is -0.676. The maximum Gasteiger partial charge on any atom is 0.262 e. The van der Waals surface area contributed by atoms with Gasteiger partial charge in [-0.15, -0.1) is 0 Å². The molecular formula is C13H15ClN2O3. The summed E-state index contributed by atoms with van der Waals surface area (Å²) in [6, 6.07) is 0. The monoisotopic (exact) mass is 282 g/mol. The first-order chi connectivity index (χ1) is 9.17. The van der Waals surface area contributed by atoms with Crippen molar-refractivity contribution in [1.29, 1.82) is 0 Å². The standard InChI is InChI=1S/C13H15ClN2O3/c1-3-18-13(19-4-2)11-15-9-7-5-6-8(14)10(9)12(17)16-11/h5-7,10,13H,3-4H2,1-2H3. The smallest absolute Gasteiger partial charge is 0.262 e. The molecule has 1 aliphatic carbocycles. The number of rotatable bonds is 5. The molecule has 19 heavy (non-hydrogen) atoms. The third-order valence-corrected chi connectivity index (χ3v) is 3.00. The quantitative estimate of drug-likeness (QED) is 0.725. The van der Waals surface area contributed by atoms with Crippen molar-refractivity contribution in [2.45, 2.75) is 20.1 Å². The molecule has 0 aromatic heterocycles. The van der Waals surface area contributed by atoms with Gasteiger partial charge in [-0.25, -0.2) is 4.99 Å². The van der Waals surface area contributed by atoms with Gasteiger partial charge in [0.05, 0.1) is 5.71 Å². The molecule has 0 bridgehead atoms. The molecule has 5 nitrogen and oxygen atoms in total. The minimum Gasteiger partial charge on any atom is -0.346 e. The van der Waals surface area contributed by atoms with Crippen molar-refractivity contribution in [2.24, 2.45) is 15.9 Å². The zero-order valence-corrected chi connectivity index (χ0v) is 11.6. The maximum atomic E-state index is 12.0. The SMILES string of the molecule is CCOC(OCC)C1=NC(=O)C2C(Cl)=CC=CC2=N1. The lowest BCUT2D eigenvalue weighted by Gasteiger charge is -2.23. The maximum absolute atomic E-state index is 12.0. The lowest BCUT2D eigenvalue weighted by molar-refractivity contribution is -0.119. The van der Waals surface area contributed by atoms with E-state index < -0.39 is 12.2 Å². The van der Waals surface area contributed by atoms with Crippen molar-refractivity contribution in [3.63, 3.8) is 0 Å². The number of aliphatic imine (C=N–C) groups is 2. The number of amides is 1. The van der Waals surface area contributed by atoms with Crippen molar-refractivity contribution >= 4 is 29.1 Å². The lowest BCUT2D eigenvalue weighted by Crippen LogP contribution is -2.35. The van der Waals surface area contributed by atoms with E-state index in [4.69, 9.17) is 21.1 Å². The number of allylic oxidation sites excluding steroid dienone is 3. The van der Waals surface area contributed by atoms with Crippen molar-refractivity contribution < 1.29 is 14.3 Å². The zero-order chi connectivity index (χ0) is 13.8. The Morgan fingerprint density at radius 3 is 2.63 bits per heavy atom. The van der Waals surface area contributed by atoms with Crippen molar-refractivity contribution in [3.8, 4) is 0 Å². The number of carbonyl (C=O) groups is 1. The van der Waals surface area contributed by atoms with E-state index in [2.05, 4.69) is 9.98 Å². The lowest BCUT2D eigenvalue weighted by atomic mass is 9.96. The Balaban J connectivity index is 2.27. The number of fused-ring (bicyclic) bond motifs is 1. The summed E-state index contributed by atoms with van der Waals surface area (Å²) in [5, 5.41) is 0.429. The fraction of sp³-hybridized carbons (Fsp3) is 0.462. The predicted octanol–water partition coefficient (Wildman–Crippen LogP) is 2.07. The fourth-order valence-corrected chi connectivity index (χ4v) is 2.14. The van der Waals surface area contributed by atoms with Crippen LogP contribution in [-0.4, -0.2) is 37.0 Å². The second kappa shape index (κ2) is 6.23. The van der Waals surface area contributed by atoms with Gasteiger partial charge in [-0.05, 0) is 26.0 Å². The average Bonchev–Trinajstić information content (AvgIpc) is 2.38. The molecule has 1 unspecified atom stereocenters. The number of hydrogen-bond acceptors (Lipinski definition) is 4. The number of carbonyl (C=O) groups excluding carboxylic acids is 1. The third-order valence-electron chi connectivity index (χ3n) is 2.66. The molecule has 6 heteroatoms. The van der Waals surface area contributed by atoms with Gasteiger partial charge in [0, 0.05) is 18.2 Å². The zero-order valence-electron chi connectivity index (χ0n) is 10.8. The average molecular weight is 283 g/mol. The van der Waals surface area contributed by atoms with E-state index in [0.29, 0.717) is 24.0 Å². The van der Waals surface area contributed by atoms with Crippen LogP contribution < -0.4 is 0 Å². The van der Waals surface area contributed by atoms with Crippen LogP contribution in [0.15, 0.2) is 33.2 Å². The van der Waals surface area contributed by atoms with Crippen LogP contribution in [-0.2, 0) is 14.3 Å². The topological polar surface area (TPSA) is 60.2 Å². The minimum atomic E-state index is -0.717. The van der Waals surface area contributed by atoms with Gasteiger partial charge < -0.3 is 9.47 Å². The Hall–Kier alpha value is -1.30. The van der Waals surface area contributed by atoms with E-state index in [9.17, 15) is 4.79 Å². The Bertz CT molecular complexity index is 488. The summed E-state index contributed by atoms with van der Waals surface area (Å²) in [7, 11) is 0. The second-order valence-electron chi connectivity index (χ2n) is 3.93. The summed E-state index contributed by atoms with van der Waals surface area (Å²) in [4.78, 5) is 20.3. The van der Waals surface area contributed by atoms with E-state index in [0.717, 1.165) is 0 Å². The van der Waals surface area contributed by atoms with Crippen LogP contribution in [0.2, 0.25) is 0 Å². The van der Waals surface area contributed by atoms with E-state index in [1.165, 1.54) is 0 Å². The molecule has 102 valence electrons. The van der Waals surface area contributed by atoms with Crippen LogP contribution in [0, 0.1) is 5.92 Å². The Morgan fingerprint density at radius 1 is 1.32 bits per heavy atom. The minimum absolute atomic E-state index is 0.246. The number of ether oxygens (including phenoxy) is 2. The molecule has 1 atom stereocenters. The van der Waals surface area contributed by atoms with Crippen LogP contribution in [0.25, 0.3) is 0 Å². The van der Waals surface area contributed by atoms with Crippen LogP contribution in [0.1, 0.15) is 13.8 Å². The fourth-order valence-electron chi connectivity index (χ4n) is 1.86. The van der Waals surface area contributed by atoms with Gasteiger partial charge in [0.1, 0.15) is 5.92 Å². The van der Waals surface area contributed by atoms with E-state index in [-0.39, 0.29) is 11.7 Å². The largest absolute Gasteiger partial charge is 0.346 e. The van der Waals surface area contributed by atoms with Gasteiger partial charge in [-0.2, -0.15) is 4.99 Å². The molecule has 2 aliphatic rings. The summed E-state index contributed by atoms with van der Waals surface area (Å²) in [6.45, 7) is 4.58. The second-order valence-corrected chi connectivity index (χ2v) is 4.37. The summed E-state index contributed by atoms with van der Waals surface area (Å²) in [5.41, 5.74) is 0.576. The van der Waals surface area contributed by atoms with Gasteiger partial charge in [-0.3, -0.25) is 4.79 Å². The molecule has 0 spiro atoms. The molecule has 0 saturated carbocycles. The molecule has 0 saturated heterocycles. The van der Waals surface area contributed by atoms with Crippen LogP contribution in [0.4, 0.5) is 0 Å². The van der Waals surface area contributed by atoms with Crippen molar-refractivity contribution in [2.75, 3.05) is 13.2 Å². The van der Waals surface area contributed by atoms with Crippen LogP contribution in [0.3, 0.4) is 0 Å². The van der Waals surface area contributed by atoms with Crippen molar-refractivity contribution in [1.82, 2.24) is 0 Å². The van der Waals surface area contributed by atoms with Crippen LogP contribution >= 0.6 is 11.6 Å². The van der Waals surface area contributed by atoms with Crippen LogP contribution in [0.5, 0.6) is 0 Å². The molecule has 0 aromatic rings. The Kier molecular flexibility index (Phi) is 4.63. The van der Waals surface area contributed by atoms with Gasteiger partial charge >= 0.3 is 0 Å². The summed E-state index contributed by atoms with van der Waals surface area (Å²) >= 11 is 6.01. The highest BCUT2D eigenvalue weighted by atomic mass is 35.5. The third kappa shape index (κ3) is 3.00. The normalized spacial score (nSPS) is 22.0. The number of amidine groups is 1. The molecule has 1 heterocycles. The van der Waals surface area contributed by atoms with Gasteiger partial charge in [-0.1, -0.05) is 17.7 Å². The van der Waals surface area contributed by atoms with E-state index >= 15 is 0 Å².